The van der Waals surface area contributed by atoms with Gasteiger partial charge in [0.05, 0.1) is 18.7 Å². The molecule has 3 rings (SSSR count). The van der Waals surface area contributed by atoms with Gasteiger partial charge in [-0.3, -0.25) is 4.79 Å². The van der Waals surface area contributed by atoms with Gasteiger partial charge in [0.15, 0.2) is 5.78 Å². The number of ketones is 1. The smallest absolute Gasteiger partial charge is 0.224 e. The number of hydrogen-bond acceptors (Lipinski definition) is 6. The molecule has 0 aliphatic carbocycles. The summed E-state index contributed by atoms with van der Waals surface area (Å²) in [4.78, 5) is 16.2. The van der Waals surface area contributed by atoms with Crippen LogP contribution in [0.1, 0.15) is 28.4 Å². The zero-order valence-corrected chi connectivity index (χ0v) is 15.6. The van der Waals surface area contributed by atoms with E-state index in [4.69, 9.17) is 14.7 Å². The van der Waals surface area contributed by atoms with Crippen LogP contribution in [0.2, 0.25) is 0 Å². The Balaban J connectivity index is 1.83. The first kappa shape index (κ1) is 18.9. The van der Waals surface area contributed by atoms with Crippen LogP contribution in [0.4, 0.5) is 5.69 Å². The maximum atomic E-state index is 11.9. The number of methoxy groups -OCH3 is 1. The van der Waals surface area contributed by atoms with Crippen molar-refractivity contribution in [3.05, 3.63) is 77.5 Å². The molecule has 0 saturated heterocycles. The molecule has 0 fully saturated rings. The molecule has 2 aromatic carbocycles. The Hall–Kier alpha value is -3.85. The molecule has 140 valence electrons. The fourth-order valence-electron chi connectivity index (χ4n) is 2.68. The summed E-state index contributed by atoms with van der Waals surface area (Å²) in [6.45, 7) is 1.87. The van der Waals surface area contributed by atoms with E-state index in [-0.39, 0.29) is 5.78 Å². The molecule has 0 radical (unpaired) electrons. The molecule has 1 N–H and O–H groups in total. The van der Waals surface area contributed by atoms with Crippen molar-refractivity contribution in [1.29, 1.82) is 5.26 Å². The van der Waals surface area contributed by atoms with E-state index >= 15 is 0 Å². The van der Waals surface area contributed by atoms with Gasteiger partial charge in [0.25, 0.3) is 0 Å². The Bertz CT molecular complexity index is 1040. The van der Waals surface area contributed by atoms with E-state index in [2.05, 4.69) is 16.4 Å². The molecule has 1 aromatic heterocycles. The fraction of sp³-hybridized carbons (Fsp3) is 0.136. The van der Waals surface area contributed by atoms with E-state index < -0.39 is 0 Å². The molecule has 0 atom stereocenters. The number of anilines is 1. The number of nitriles is 1. The lowest BCUT2D eigenvalue weighted by molar-refractivity contribution is 0.101. The van der Waals surface area contributed by atoms with Gasteiger partial charge in [0.1, 0.15) is 11.5 Å². The van der Waals surface area contributed by atoms with Crippen LogP contribution in [0.25, 0.3) is 0 Å². The fourth-order valence-corrected chi connectivity index (χ4v) is 2.68. The predicted molar refractivity (Wildman–Crippen MR) is 106 cm³/mol. The Morgan fingerprint density at radius 2 is 1.96 bits per heavy atom. The second kappa shape index (κ2) is 8.69. The highest BCUT2D eigenvalue weighted by molar-refractivity contribution is 5.99. The lowest BCUT2D eigenvalue weighted by Gasteiger charge is -2.14. The first-order valence-corrected chi connectivity index (χ1v) is 8.65. The molecule has 6 nitrogen and oxygen atoms in total. The number of rotatable bonds is 7. The van der Waals surface area contributed by atoms with E-state index in [1.54, 1.807) is 37.6 Å². The standard InChI is InChI=1S/C22H19N3O3/c1-15(26)20-9-8-16(13-23)11-21(20)25-14-17-5-4-10-24-22(17)28-19-7-3-6-18(12-19)27-2/h3-12,25H,14H2,1-2H3. The highest BCUT2D eigenvalue weighted by atomic mass is 16.5. The molecule has 28 heavy (non-hydrogen) atoms. The monoisotopic (exact) mass is 373 g/mol. The minimum Gasteiger partial charge on any atom is -0.497 e. The first-order chi connectivity index (χ1) is 13.6. The normalized spacial score (nSPS) is 10.0. The second-order valence-electron chi connectivity index (χ2n) is 6.03. The van der Waals surface area contributed by atoms with E-state index in [9.17, 15) is 4.79 Å². The zero-order valence-electron chi connectivity index (χ0n) is 15.6. The van der Waals surface area contributed by atoms with Crippen molar-refractivity contribution in [2.45, 2.75) is 13.5 Å². The van der Waals surface area contributed by atoms with Gasteiger partial charge < -0.3 is 14.8 Å². The maximum Gasteiger partial charge on any atom is 0.224 e. The molecule has 3 aromatic rings. The van der Waals surface area contributed by atoms with Crippen LogP contribution in [0.15, 0.2) is 60.8 Å². The molecule has 6 heteroatoms. The van der Waals surface area contributed by atoms with Gasteiger partial charge in [0.2, 0.25) is 5.88 Å². The van der Waals surface area contributed by atoms with Crippen molar-refractivity contribution in [2.75, 3.05) is 12.4 Å². The summed E-state index contributed by atoms with van der Waals surface area (Å²) in [7, 11) is 1.59. The van der Waals surface area contributed by atoms with Crippen LogP contribution in [0, 0.1) is 11.3 Å². The van der Waals surface area contributed by atoms with Crippen molar-refractivity contribution >= 4 is 11.5 Å². The van der Waals surface area contributed by atoms with Gasteiger partial charge in [-0.2, -0.15) is 5.26 Å². The molecule has 0 spiro atoms. The molecular weight excluding hydrogens is 354 g/mol. The Kier molecular flexibility index (Phi) is 5.87. The lowest BCUT2D eigenvalue weighted by atomic mass is 10.1. The van der Waals surface area contributed by atoms with Crippen LogP contribution >= 0.6 is 0 Å². The number of carbonyl (C=O) groups is 1. The van der Waals surface area contributed by atoms with Crippen LogP contribution in [-0.2, 0) is 6.54 Å². The van der Waals surface area contributed by atoms with Crippen molar-refractivity contribution in [3.8, 4) is 23.4 Å². The summed E-state index contributed by atoms with van der Waals surface area (Å²) < 4.78 is 11.1. The highest BCUT2D eigenvalue weighted by Crippen LogP contribution is 2.27. The summed E-state index contributed by atoms with van der Waals surface area (Å²) in [6.07, 6.45) is 1.65. The van der Waals surface area contributed by atoms with E-state index in [1.807, 2.05) is 30.3 Å². The molecule has 0 aliphatic heterocycles. The third-order valence-electron chi connectivity index (χ3n) is 4.10. The van der Waals surface area contributed by atoms with Crippen molar-refractivity contribution < 1.29 is 14.3 Å². The van der Waals surface area contributed by atoms with Crippen molar-refractivity contribution in [3.63, 3.8) is 0 Å². The molecule has 0 amide bonds. The summed E-state index contributed by atoms with van der Waals surface area (Å²) in [5, 5.41) is 12.3. The summed E-state index contributed by atoms with van der Waals surface area (Å²) in [5.41, 5.74) is 2.41. The number of hydrogen-bond donors (Lipinski definition) is 1. The average Bonchev–Trinajstić information content (AvgIpc) is 2.73. The quantitative estimate of drug-likeness (QED) is 0.611. The largest absolute Gasteiger partial charge is 0.497 e. The summed E-state index contributed by atoms with van der Waals surface area (Å²) in [6, 6.07) is 18.0. The van der Waals surface area contributed by atoms with Gasteiger partial charge in [-0.05, 0) is 43.3 Å². The molecular formula is C22H19N3O3. The number of Topliss-reactive ketones (excluding diaryl/α,β-unsaturated/α-hetero) is 1. The average molecular weight is 373 g/mol. The Morgan fingerprint density at radius 3 is 2.71 bits per heavy atom. The SMILES string of the molecule is COc1cccc(Oc2ncccc2CNc2cc(C#N)ccc2C(C)=O)c1. The minimum absolute atomic E-state index is 0.0777. The Morgan fingerprint density at radius 1 is 1.14 bits per heavy atom. The van der Waals surface area contributed by atoms with Crippen LogP contribution < -0.4 is 14.8 Å². The highest BCUT2D eigenvalue weighted by Gasteiger charge is 2.11. The van der Waals surface area contributed by atoms with Crippen LogP contribution in [0.3, 0.4) is 0 Å². The number of ether oxygens (including phenoxy) is 2. The van der Waals surface area contributed by atoms with Gasteiger partial charge >= 0.3 is 0 Å². The Labute approximate surface area is 163 Å². The summed E-state index contributed by atoms with van der Waals surface area (Å²) in [5.74, 6) is 1.66. The van der Waals surface area contributed by atoms with E-state index in [0.29, 0.717) is 40.7 Å². The molecule has 1 heterocycles. The summed E-state index contributed by atoms with van der Waals surface area (Å²) >= 11 is 0. The predicted octanol–water partition coefficient (Wildman–Crippen LogP) is 4.57. The van der Waals surface area contributed by atoms with Crippen molar-refractivity contribution in [1.82, 2.24) is 4.98 Å². The maximum absolute atomic E-state index is 11.9. The topological polar surface area (TPSA) is 84.2 Å². The van der Waals surface area contributed by atoms with Gasteiger partial charge in [-0.15, -0.1) is 0 Å². The minimum atomic E-state index is -0.0777. The number of pyridine rings is 1. The molecule has 0 unspecified atom stereocenters. The molecule has 0 saturated carbocycles. The zero-order chi connectivity index (χ0) is 19.9. The number of benzene rings is 2. The molecule has 0 aliphatic rings. The third-order valence-corrected chi connectivity index (χ3v) is 4.10. The number of nitrogens with zero attached hydrogens (tertiary/aromatic N) is 2. The van der Waals surface area contributed by atoms with E-state index in [1.165, 1.54) is 6.92 Å². The number of aromatic nitrogens is 1. The second-order valence-corrected chi connectivity index (χ2v) is 6.03. The number of carbonyl (C=O) groups excluding carboxylic acids is 1. The van der Waals surface area contributed by atoms with Crippen LogP contribution in [0.5, 0.6) is 17.4 Å². The van der Waals surface area contributed by atoms with Gasteiger partial charge in [-0.25, -0.2) is 4.98 Å². The third kappa shape index (κ3) is 4.46. The van der Waals surface area contributed by atoms with Gasteiger partial charge in [-0.1, -0.05) is 12.1 Å². The van der Waals surface area contributed by atoms with Crippen LogP contribution in [-0.4, -0.2) is 17.9 Å². The first-order valence-electron chi connectivity index (χ1n) is 8.65. The number of nitrogens with one attached hydrogen (secondary N) is 1. The lowest BCUT2D eigenvalue weighted by Crippen LogP contribution is -2.07. The van der Waals surface area contributed by atoms with E-state index in [0.717, 1.165) is 5.56 Å². The van der Waals surface area contributed by atoms with Crippen molar-refractivity contribution in [2.24, 2.45) is 0 Å². The molecule has 0 bridgehead atoms. The van der Waals surface area contributed by atoms with Gasteiger partial charge in [0, 0.05) is 35.6 Å².